The lowest BCUT2D eigenvalue weighted by atomic mass is 10.2. The standard InChI is InChI=1S/C18H27N3O5/c1-18(2,3)26-17(23)20-9-4-8-19-16(22)13-5-6-15(21-11-13)25-14-7-10-24-12-14/h5-6,11,14H,4,7-10,12H2,1-3H3,(H,19,22)(H,20,23)/t14-/m0/s1. The van der Waals surface area contributed by atoms with Gasteiger partial charge in [-0.1, -0.05) is 0 Å². The minimum atomic E-state index is -0.522. The van der Waals surface area contributed by atoms with Crippen molar-refractivity contribution < 1.29 is 23.8 Å². The largest absolute Gasteiger partial charge is 0.472 e. The lowest BCUT2D eigenvalue weighted by molar-refractivity contribution is 0.0527. The highest BCUT2D eigenvalue weighted by atomic mass is 16.6. The van der Waals surface area contributed by atoms with Crippen LogP contribution in [0.3, 0.4) is 0 Å². The van der Waals surface area contributed by atoms with Gasteiger partial charge in [0.15, 0.2) is 0 Å². The predicted octanol–water partition coefficient (Wildman–Crippen LogP) is 1.89. The second-order valence-corrected chi connectivity index (χ2v) is 7.03. The van der Waals surface area contributed by atoms with Gasteiger partial charge in [-0.2, -0.15) is 0 Å². The third-order valence-electron chi connectivity index (χ3n) is 3.48. The lowest BCUT2D eigenvalue weighted by Crippen LogP contribution is -2.34. The zero-order chi connectivity index (χ0) is 19.0. The second-order valence-electron chi connectivity index (χ2n) is 7.03. The minimum Gasteiger partial charge on any atom is -0.472 e. The van der Waals surface area contributed by atoms with Crippen molar-refractivity contribution in [3.63, 3.8) is 0 Å². The number of aromatic nitrogens is 1. The van der Waals surface area contributed by atoms with E-state index in [1.807, 2.05) is 0 Å². The molecule has 144 valence electrons. The first-order chi connectivity index (χ1) is 12.3. The van der Waals surface area contributed by atoms with Gasteiger partial charge in [0.2, 0.25) is 5.88 Å². The number of carbonyl (C=O) groups excluding carboxylic acids is 2. The molecule has 8 nitrogen and oxygen atoms in total. The summed E-state index contributed by atoms with van der Waals surface area (Å²) in [6.07, 6.45) is 2.50. The van der Waals surface area contributed by atoms with Crippen molar-refractivity contribution in [2.24, 2.45) is 0 Å². The summed E-state index contributed by atoms with van der Waals surface area (Å²) in [6, 6.07) is 3.35. The van der Waals surface area contributed by atoms with Crippen molar-refractivity contribution in [1.82, 2.24) is 15.6 Å². The van der Waals surface area contributed by atoms with Crippen molar-refractivity contribution >= 4 is 12.0 Å². The Morgan fingerprint density at radius 3 is 2.65 bits per heavy atom. The Morgan fingerprint density at radius 2 is 2.04 bits per heavy atom. The lowest BCUT2D eigenvalue weighted by Gasteiger charge is -2.19. The Bertz CT molecular complexity index is 592. The van der Waals surface area contributed by atoms with Gasteiger partial charge in [0.25, 0.3) is 5.91 Å². The topological polar surface area (TPSA) is 98.8 Å². The Hall–Kier alpha value is -2.35. The second kappa shape index (κ2) is 9.38. The molecule has 0 radical (unpaired) electrons. The van der Waals surface area contributed by atoms with Crippen LogP contribution in [0.1, 0.15) is 44.0 Å². The fourth-order valence-corrected chi connectivity index (χ4v) is 2.26. The van der Waals surface area contributed by atoms with E-state index >= 15 is 0 Å². The van der Waals surface area contributed by atoms with E-state index in [0.717, 1.165) is 6.42 Å². The summed E-state index contributed by atoms with van der Waals surface area (Å²) in [5.74, 6) is 0.268. The zero-order valence-corrected chi connectivity index (χ0v) is 15.5. The number of nitrogens with one attached hydrogen (secondary N) is 2. The van der Waals surface area contributed by atoms with Crippen LogP contribution in [0, 0.1) is 0 Å². The first-order valence-electron chi connectivity index (χ1n) is 8.79. The molecule has 1 atom stereocenters. The molecule has 8 heteroatoms. The van der Waals surface area contributed by atoms with E-state index in [0.29, 0.717) is 44.2 Å². The third kappa shape index (κ3) is 7.26. The first-order valence-corrected chi connectivity index (χ1v) is 8.79. The van der Waals surface area contributed by atoms with Gasteiger partial charge in [-0.25, -0.2) is 9.78 Å². The molecule has 1 aliphatic heterocycles. The Kier molecular flexibility index (Phi) is 7.20. The highest BCUT2D eigenvalue weighted by Crippen LogP contribution is 2.14. The van der Waals surface area contributed by atoms with Gasteiger partial charge in [-0.05, 0) is 33.3 Å². The number of nitrogens with zero attached hydrogens (tertiary/aromatic N) is 1. The van der Waals surface area contributed by atoms with Crippen LogP contribution in [0.4, 0.5) is 4.79 Å². The van der Waals surface area contributed by atoms with E-state index in [2.05, 4.69) is 15.6 Å². The average molecular weight is 365 g/mol. The molecule has 0 bridgehead atoms. The predicted molar refractivity (Wildman–Crippen MR) is 95.3 cm³/mol. The fourth-order valence-electron chi connectivity index (χ4n) is 2.26. The molecule has 0 saturated carbocycles. The fraction of sp³-hybridized carbons (Fsp3) is 0.611. The van der Waals surface area contributed by atoms with E-state index in [9.17, 15) is 9.59 Å². The normalized spacial score (nSPS) is 16.8. The molecule has 2 heterocycles. The molecule has 0 aromatic carbocycles. The number of hydrogen-bond donors (Lipinski definition) is 2. The van der Waals surface area contributed by atoms with Crippen molar-refractivity contribution in [3.05, 3.63) is 23.9 Å². The van der Waals surface area contributed by atoms with Crippen LogP contribution < -0.4 is 15.4 Å². The third-order valence-corrected chi connectivity index (χ3v) is 3.48. The van der Waals surface area contributed by atoms with Gasteiger partial charge in [0.05, 0.1) is 18.8 Å². The summed E-state index contributed by atoms with van der Waals surface area (Å²) in [5.41, 5.74) is -0.0634. The Balaban J connectivity index is 1.64. The smallest absolute Gasteiger partial charge is 0.407 e. The summed E-state index contributed by atoms with van der Waals surface area (Å²) in [7, 11) is 0. The average Bonchev–Trinajstić information content (AvgIpc) is 3.06. The van der Waals surface area contributed by atoms with Gasteiger partial charge in [0, 0.05) is 31.8 Å². The monoisotopic (exact) mass is 365 g/mol. The zero-order valence-electron chi connectivity index (χ0n) is 15.5. The van der Waals surface area contributed by atoms with Gasteiger partial charge < -0.3 is 24.8 Å². The highest BCUT2D eigenvalue weighted by molar-refractivity contribution is 5.93. The summed E-state index contributed by atoms with van der Waals surface area (Å²) in [5, 5.41) is 5.42. The van der Waals surface area contributed by atoms with Crippen LogP contribution in [0.25, 0.3) is 0 Å². The molecule has 0 unspecified atom stereocenters. The molecule has 2 N–H and O–H groups in total. The maximum atomic E-state index is 12.1. The number of hydrogen-bond acceptors (Lipinski definition) is 6. The van der Waals surface area contributed by atoms with E-state index in [-0.39, 0.29) is 12.0 Å². The van der Waals surface area contributed by atoms with Crippen molar-refractivity contribution in [2.45, 2.75) is 45.3 Å². The van der Waals surface area contributed by atoms with Crippen LogP contribution in [0.2, 0.25) is 0 Å². The number of rotatable bonds is 7. The number of carbonyl (C=O) groups is 2. The maximum absolute atomic E-state index is 12.1. The molecule has 1 saturated heterocycles. The quantitative estimate of drug-likeness (QED) is 0.716. The molecule has 2 amide bonds. The molecular weight excluding hydrogens is 338 g/mol. The molecule has 2 rings (SSSR count). The van der Waals surface area contributed by atoms with Crippen LogP contribution >= 0.6 is 0 Å². The van der Waals surface area contributed by atoms with Crippen LogP contribution in [-0.4, -0.2) is 55.0 Å². The molecule has 1 aromatic heterocycles. The minimum absolute atomic E-state index is 0.0275. The van der Waals surface area contributed by atoms with Crippen molar-refractivity contribution in [2.75, 3.05) is 26.3 Å². The summed E-state index contributed by atoms with van der Waals surface area (Å²) >= 11 is 0. The van der Waals surface area contributed by atoms with Gasteiger partial charge >= 0.3 is 6.09 Å². The first kappa shape index (κ1) is 20.0. The molecule has 1 aromatic rings. The maximum Gasteiger partial charge on any atom is 0.407 e. The van der Waals surface area contributed by atoms with Gasteiger partial charge in [0.1, 0.15) is 11.7 Å². The Morgan fingerprint density at radius 1 is 1.27 bits per heavy atom. The summed E-state index contributed by atoms with van der Waals surface area (Å²) in [6.45, 7) is 7.54. The van der Waals surface area contributed by atoms with Crippen molar-refractivity contribution in [3.8, 4) is 5.88 Å². The van der Waals surface area contributed by atoms with Crippen LogP contribution in [0.5, 0.6) is 5.88 Å². The molecular formula is C18H27N3O5. The molecule has 1 fully saturated rings. The summed E-state index contributed by atoms with van der Waals surface area (Å²) < 4.78 is 16.0. The van der Waals surface area contributed by atoms with Gasteiger partial charge in [-0.3, -0.25) is 4.79 Å². The number of amides is 2. The van der Waals surface area contributed by atoms with Gasteiger partial charge in [-0.15, -0.1) is 0 Å². The van der Waals surface area contributed by atoms with E-state index in [1.165, 1.54) is 6.20 Å². The molecule has 0 spiro atoms. The molecule has 0 aliphatic carbocycles. The van der Waals surface area contributed by atoms with E-state index in [4.69, 9.17) is 14.2 Å². The van der Waals surface area contributed by atoms with Crippen LogP contribution in [0.15, 0.2) is 18.3 Å². The summed E-state index contributed by atoms with van der Waals surface area (Å²) in [4.78, 5) is 27.7. The SMILES string of the molecule is CC(C)(C)OC(=O)NCCCNC(=O)c1ccc(O[C@H]2CCOC2)nc1. The number of ether oxygens (including phenoxy) is 3. The van der Waals surface area contributed by atoms with E-state index < -0.39 is 11.7 Å². The van der Waals surface area contributed by atoms with Crippen LogP contribution in [-0.2, 0) is 9.47 Å². The number of alkyl carbamates (subject to hydrolysis) is 1. The van der Waals surface area contributed by atoms with E-state index in [1.54, 1.807) is 32.9 Å². The Labute approximate surface area is 153 Å². The molecule has 26 heavy (non-hydrogen) atoms. The number of pyridine rings is 1. The van der Waals surface area contributed by atoms with Crippen molar-refractivity contribution in [1.29, 1.82) is 0 Å². The highest BCUT2D eigenvalue weighted by Gasteiger charge is 2.18. The molecule has 1 aliphatic rings.